The lowest BCUT2D eigenvalue weighted by Crippen LogP contribution is -2.38. The number of hydrogen-bond acceptors (Lipinski definition) is 3. The maximum Gasteiger partial charge on any atom is 0.0615 e. The molecule has 2 fully saturated rings. The molecule has 0 aromatic heterocycles. The Morgan fingerprint density at radius 1 is 1.36 bits per heavy atom. The molecule has 2 aliphatic rings. The number of rotatable bonds is 5. The summed E-state index contributed by atoms with van der Waals surface area (Å²) >= 11 is 0. The summed E-state index contributed by atoms with van der Waals surface area (Å²) in [4.78, 5) is 2.53. The van der Waals surface area contributed by atoms with Crippen LogP contribution in [0, 0.1) is 0 Å². The second kappa shape index (κ2) is 4.60. The Morgan fingerprint density at radius 3 is 2.79 bits per heavy atom. The van der Waals surface area contributed by atoms with Crippen molar-refractivity contribution in [1.82, 2.24) is 10.2 Å². The van der Waals surface area contributed by atoms with Crippen LogP contribution in [0.3, 0.4) is 0 Å². The van der Waals surface area contributed by atoms with Crippen molar-refractivity contribution in [2.45, 2.75) is 44.3 Å². The lowest BCUT2D eigenvalue weighted by molar-refractivity contribution is 0.113. The number of hydrogen-bond donors (Lipinski definition) is 1. The summed E-state index contributed by atoms with van der Waals surface area (Å²) in [5, 5.41) is 3.70. The van der Waals surface area contributed by atoms with Crippen molar-refractivity contribution < 1.29 is 4.74 Å². The van der Waals surface area contributed by atoms with Gasteiger partial charge in [0, 0.05) is 38.3 Å². The highest BCUT2D eigenvalue weighted by Gasteiger charge is 2.30. The van der Waals surface area contributed by atoms with Crippen molar-refractivity contribution in [2.75, 3.05) is 26.8 Å². The van der Waals surface area contributed by atoms with E-state index in [-0.39, 0.29) is 0 Å². The molecular weight excluding hydrogens is 176 g/mol. The van der Waals surface area contributed by atoms with E-state index in [9.17, 15) is 0 Å². The van der Waals surface area contributed by atoms with E-state index in [1.165, 1.54) is 32.4 Å². The largest absolute Gasteiger partial charge is 0.383 e. The first-order valence-electron chi connectivity index (χ1n) is 5.78. The highest BCUT2D eigenvalue weighted by Crippen LogP contribution is 2.22. The third kappa shape index (κ3) is 2.69. The predicted molar refractivity (Wildman–Crippen MR) is 57.5 cm³/mol. The average molecular weight is 198 g/mol. The molecule has 0 radical (unpaired) electrons. The number of methoxy groups -OCH3 is 1. The lowest BCUT2D eigenvalue weighted by atomic mass is 10.2. The summed E-state index contributed by atoms with van der Waals surface area (Å²) in [5.41, 5.74) is 0. The normalized spacial score (nSPS) is 30.9. The van der Waals surface area contributed by atoms with Crippen LogP contribution < -0.4 is 5.32 Å². The fourth-order valence-electron chi connectivity index (χ4n) is 2.25. The number of ether oxygens (including phenoxy) is 1. The molecule has 2 rings (SSSR count). The molecule has 0 aromatic rings. The van der Waals surface area contributed by atoms with Gasteiger partial charge in [0.25, 0.3) is 0 Å². The van der Waals surface area contributed by atoms with Crippen molar-refractivity contribution in [3.8, 4) is 0 Å². The third-order valence-corrected chi connectivity index (χ3v) is 3.30. The average Bonchev–Trinajstić information content (AvgIpc) is 2.82. The maximum absolute atomic E-state index is 5.18. The van der Waals surface area contributed by atoms with E-state index in [4.69, 9.17) is 4.74 Å². The zero-order valence-electron chi connectivity index (χ0n) is 9.33. The van der Waals surface area contributed by atoms with Gasteiger partial charge in [-0.25, -0.2) is 0 Å². The molecular formula is C11H22N2O. The van der Waals surface area contributed by atoms with Gasteiger partial charge in [0.05, 0.1) is 6.61 Å². The summed E-state index contributed by atoms with van der Waals surface area (Å²) in [6.07, 6.45) is 4.10. The van der Waals surface area contributed by atoms with Gasteiger partial charge in [0.15, 0.2) is 0 Å². The first-order chi connectivity index (χ1) is 6.79. The van der Waals surface area contributed by atoms with E-state index >= 15 is 0 Å². The molecule has 3 heteroatoms. The quantitative estimate of drug-likeness (QED) is 0.709. The Hall–Kier alpha value is -0.120. The SMILES string of the molecule is COCC(C)N1CCC(NC2CC2)C1. The highest BCUT2D eigenvalue weighted by molar-refractivity contribution is 4.90. The molecule has 1 saturated carbocycles. The van der Waals surface area contributed by atoms with E-state index < -0.39 is 0 Å². The van der Waals surface area contributed by atoms with Crippen LogP contribution in [0.15, 0.2) is 0 Å². The smallest absolute Gasteiger partial charge is 0.0615 e. The van der Waals surface area contributed by atoms with Crippen LogP contribution in [-0.4, -0.2) is 49.8 Å². The van der Waals surface area contributed by atoms with Gasteiger partial charge in [0.2, 0.25) is 0 Å². The van der Waals surface area contributed by atoms with Crippen LogP contribution in [0.4, 0.5) is 0 Å². The Balaban J connectivity index is 1.69. The molecule has 1 aliphatic carbocycles. The van der Waals surface area contributed by atoms with Crippen LogP contribution in [0.2, 0.25) is 0 Å². The Labute approximate surface area is 86.8 Å². The van der Waals surface area contributed by atoms with Gasteiger partial charge in [-0.05, 0) is 26.2 Å². The van der Waals surface area contributed by atoms with E-state index in [0.29, 0.717) is 6.04 Å². The van der Waals surface area contributed by atoms with Crippen molar-refractivity contribution in [3.05, 3.63) is 0 Å². The van der Waals surface area contributed by atoms with Crippen molar-refractivity contribution in [1.29, 1.82) is 0 Å². The first-order valence-corrected chi connectivity index (χ1v) is 5.78. The molecule has 1 heterocycles. The second-order valence-corrected chi connectivity index (χ2v) is 4.73. The van der Waals surface area contributed by atoms with Crippen LogP contribution in [-0.2, 0) is 4.74 Å². The van der Waals surface area contributed by atoms with Gasteiger partial charge >= 0.3 is 0 Å². The summed E-state index contributed by atoms with van der Waals surface area (Å²) < 4.78 is 5.18. The van der Waals surface area contributed by atoms with Crippen LogP contribution in [0.5, 0.6) is 0 Å². The lowest BCUT2D eigenvalue weighted by Gasteiger charge is -2.23. The molecule has 0 amide bonds. The van der Waals surface area contributed by atoms with Gasteiger partial charge in [-0.1, -0.05) is 0 Å². The standard InChI is InChI=1S/C11H22N2O/c1-9(8-14-2)13-6-5-11(7-13)12-10-3-4-10/h9-12H,3-8H2,1-2H3. The van der Waals surface area contributed by atoms with Crippen LogP contribution >= 0.6 is 0 Å². The minimum absolute atomic E-state index is 0.575. The monoisotopic (exact) mass is 198 g/mol. The fraction of sp³-hybridized carbons (Fsp3) is 1.00. The molecule has 3 nitrogen and oxygen atoms in total. The zero-order valence-corrected chi connectivity index (χ0v) is 9.33. The second-order valence-electron chi connectivity index (χ2n) is 4.73. The van der Waals surface area contributed by atoms with E-state index in [0.717, 1.165) is 18.7 Å². The molecule has 1 aliphatic heterocycles. The molecule has 1 N–H and O–H groups in total. The molecule has 2 atom stereocenters. The van der Waals surface area contributed by atoms with E-state index in [1.54, 1.807) is 7.11 Å². The fourth-order valence-corrected chi connectivity index (χ4v) is 2.25. The maximum atomic E-state index is 5.18. The summed E-state index contributed by atoms with van der Waals surface area (Å²) in [7, 11) is 1.78. The van der Waals surface area contributed by atoms with Crippen molar-refractivity contribution >= 4 is 0 Å². The topological polar surface area (TPSA) is 24.5 Å². The van der Waals surface area contributed by atoms with Crippen LogP contribution in [0.1, 0.15) is 26.2 Å². The zero-order chi connectivity index (χ0) is 9.97. The Bertz CT molecular complexity index is 182. The molecule has 14 heavy (non-hydrogen) atoms. The minimum Gasteiger partial charge on any atom is -0.383 e. The van der Waals surface area contributed by atoms with Gasteiger partial charge < -0.3 is 10.1 Å². The van der Waals surface area contributed by atoms with E-state index in [2.05, 4.69) is 17.1 Å². The summed E-state index contributed by atoms with van der Waals surface area (Å²) in [6, 6.07) is 2.16. The molecule has 0 aromatic carbocycles. The first kappa shape index (κ1) is 10.4. The van der Waals surface area contributed by atoms with Gasteiger partial charge in [-0.3, -0.25) is 4.90 Å². The number of nitrogens with zero attached hydrogens (tertiary/aromatic N) is 1. The molecule has 0 bridgehead atoms. The van der Waals surface area contributed by atoms with Crippen molar-refractivity contribution in [2.24, 2.45) is 0 Å². The predicted octanol–water partition coefficient (Wildman–Crippen LogP) is 0.848. The van der Waals surface area contributed by atoms with Crippen molar-refractivity contribution in [3.63, 3.8) is 0 Å². The summed E-state index contributed by atoms with van der Waals surface area (Å²) in [6.45, 7) is 5.55. The van der Waals surface area contributed by atoms with Gasteiger partial charge in [-0.2, -0.15) is 0 Å². The number of nitrogens with one attached hydrogen (secondary N) is 1. The highest BCUT2D eigenvalue weighted by atomic mass is 16.5. The molecule has 0 spiro atoms. The Morgan fingerprint density at radius 2 is 2.14 bits per heavy atom. The Kier molecular flexibility index (Phi) is 3.42. The van der Waals surface area contributed by atoms with Gasteiger partial charge in [-0.15, -0.1) is 0 Å². The molecule has 2 unspecified atom stereocenters. The summed E-state index contributed by atoms with van der Waals surface area (Å²) in [5.74, 6) is 0. The van der Waals surface area contributed by atoms with E-state index in [1.807, 2.05) is 0 Å². The third-order valence-electron chi connectivity index (χ3n) is 3.30. The van der Waals surface area contributed by atoms with Gasteiger partial charge in [0.1, 0.15) is 0 Å². The number of likely N-dealkylation sites (tertiary alicyclic amines) is 1. The molecule has 1 saturated heterocycles. The molecule has 82 valence electrons. The minimum atomic E-state index is 0.575. The van der Waals surface area contributed by atoms with Crippen LogP contribution in [0.25, 0.3) is 0 Å².